The summed E-state index contributed by atoms with van der Waals surface area (Å²) in [4.78, 5) is 41.6. The Bertz CT molecular complexity index is 488. The largest absolute Gasteiger partial charge is 0.423 e. The van der Waals surface area contributed by atoms with Gasteiger partial charge in [0.2, 0.25) is 0 Å². The lowest BCUT2D eigenvalue weighted by Crippen LogP contribution is -2.45. The number of amides is 2. The third-order valence-corrected chi connectivity index (χ3v) is 1.90. The third kappa shape index (κ3) is 2.92. The van der Waals surface area contributed by atoms with E-state index in [0.29, 0.717) is 0 Å². The average molecular weight is 242 g/mol. The molecule has 8 nitrogen and oxygen atoms in total. The molecule has 1 rings (SSSR count). The van der Waals surface area contributed by atoms with Crippen molar-refractivity contribution in [3.63, 3.8) is 0 Å². The number of aromatic amines is 1. The van der Waals surface area contributed by atoms with Gasteiger partial charge in [-0.2, -0.15) is 0 Å². The Labute approximate surface area is 96.9 Å². The van der Waals surface area contributed by atoms with Gasteiger partial charge < -0.3 is 9.32 Å². The fourth-order valence-electron chi connectivity index (χ4n) is 1.18. The number of carbonyl (C=O) groups is 1. The number of aromatic nitrogens is 2. The van der Waals surface area contributed by atoms with Gasteiger partial charge in [0.05, 0.1) is 0 Å². The van der Waals surface area contributed by atoms with Crippen molar-refractivity contribution in [3.8, 4) is 0 Å². The van der Waals surface area contributed by atoms with Crippen LogP contribution in [0.2, 0.25) is 0 Å². The van der Waals surface area contributed by atoms with E-state index in [-0.39, 0.29) is 12.1 Å². The minimum Gasteiger partial charge on any atom is -0.375 e. The maximum Gasteiger partial charge on any atom is 0.423 e. The predicted octanol–water partition coefficient (Wildman–Crippen LogP) is -0.381. The van der Waals surface area contributed by atoms with Crippen LogP contribution in [0.3, 0.4) is 0 Å². The molecule has 94 valence electrons. The molecule has 0 radical (unpaired) electrons. The number of rotatable bonds is 2. The molecule has 2 amide bonds. The van der Waals surface area contributed by atoms with Crippen LogP contribution in [-0.2, 0) is 0 Å². The zero-order chi connectivity index (χ0) is 13.2. The van der Waals surface area contributed by atoms with Crippen LogP contribution in [0.15, 0.2) is 14.0 Å². The first-order chi connectivity index (χ1) is 7.82. The Morgan fingerprint density at radius 2 is 1.94 bits per heavy atom. The molecule has 8 heteroatoms. The van der Waals surface area contributed by atoms with E-state index >= 15 is 0 Å². The van der Waals surface area contributed by atoms with Gasteiger partial charge in [-0.05, 0) is 13.8 Å². The number of nitrogens with zero attached hydrogens (tertiary/aromatic N) is 3. The van der Waals surface area contributed by atoms with E-state index in [1.54, 1.807) is 27.9 Å². The molecule has 17 heavy (non-hydrogen) atoms. The summed E-state index contributed by atoms with van der Waals surface area (Å²) in [6, 6.07) is -1.05. The van der Waals surface area contributed by atoms with E-state index in [9.17, 15) is 14.4 Å². The number of carbonyl (C=O) groups excluding carboxylic acids is 1. The molecule has 0 unspecified atom stereocenters. The second-order valence-electron chi connectivity index (χ2n) is 3.85. The van der Waals surface area contributed by atoms with E-state index in [2.05, 4.69) is 4.98 Å². The molecule has 0 aliphatic rings. The maximum absolute atomic E-state index is 11.8. The number of H-pyrrole nitrogens is 1. The molecule has 0 aromatic carbocycles. The summed E-state index contributed by atoms with van der Waals surface area (Å²) < 4.78 is 4.71. The minimum atomic E-state index is -0.947. The SMILES string of the molecule is CC(C)N(C(=O)N(C)C)c1nc(=O)[nH]c(=O)o1. The molecule has 0 spiro atoms. The lowest BCUT2D eigenvalue weighted by molar-refractivity contribution is 0.219. The summed E-state index contributed by atoms with van der Waals surface area (Å²) in [5.41, 5.74) is -0.853. The number of hydrogen-bond donors (Lipinski definition) is 1. The highest BCUT2D eigenvalue weighted by atomic mass is 16.4. The first-order valence-corrected chi connectivity index (χ1v) is 4.95. The van der Waals surface area contributed by atoms with Crippen molar-refractivity contribution in [2.75, 3.05) is 19.0 Å². The monoisotopic (exact) mass is 242 g/mol. The molecular formula is C9H14N4O4. The van der Waals surface area contributed by atoms with Crippen molar-refractivity contribution in [2.24, 2.45) is 0 Å². The first kappa shape index (κ1) is 12.9. The molecule has 0 saturated carbocycles. The highest BCUT2D eigenvalue weighted by Crippen LogP contribution is 2.11. The normalized spacial score (nSPS) is 10.4. The van der Waals surface area contributed by atoms with Crippen LogP contribution in [0.4, 0.5) is 10.8 Å². The van der Waals surface area contributed by atoms with Gasteiger partial charge in [-0.25, -0.2) is 24.3 Å². The Morgan fingerprint density at radius 1 is 1.35 bits per heavy atom. The van der Waals surface area contributed by atoms with Gasteiger partial charge in [0.1, 0.15) is 0 Å². The number of nitrogens with one attached hydrogen (secondary N) is 1. The van der Waals surface area contributed by atoms with Crippen molar-refractivity contribution < 1.29 is 9.21 Å². The minimum absolute atomic E-state index is 0.303. The van der Waals surface area contributed by atoms with Gasteiger partial charge in [0, 0.05) is 20.1 Å². The second-order valence-corrected chi connectivity index (χ2v) is 3.85. The molecule has 0 fully saturated rings. The number of hydrogen-bond acceptors (Lipinski definition) is 5. The Morgan fingerprint density at radius 3 is 2.35 bits per heavy atom. The summed E-state index contributed by atoms with van der Waals surface area (Å²) in [6.45, 7) is 3.43. The van der Waals surface area contributed by atoms with Crippen LogP contribution >= 0.6 is 0 Å². The van der Waals surface area contributed by atoms with E-state index in [4.69, 9.17) is 4.42 Å². The Kier molecular flexibility index (Phi) is 3.66. The molecule has 0 bridgehead atoms. The van der Waals surface area contributed by atoms with Gasteiger partial charge in [0.25, 0.3) is 0 Å². The maximum atomic E-state index is 11.8. The smallest absolute Gasteiger partial charge is 0.375 e. The van der Waals surface area contributed by atoms with Crippen LogP contribution in [0.25, 0.3) is 0 Å². The molecule has 0 saturated heterocycles. The quantitative estimate of drug-likeness (QED) is 0.762. The Hall–Kier alpha value is -2.12. The number of urea groups is 1. The van der Waals surface area contributed by atoms with Gasteiger partial charge in [0.15, 0.2) is 0 Å². The van der Waals surface area contributed by atoms with Crippen LogP contribution in [-0.4, -0.2) is 41.0 Å². The molecule has 1 heterocycles. The fraction of sp³-hybridized carbons (Fsp3) is 0.556. The molecule has 0 aliphatic heterocycles. The summed E-state index contributed by atoms with van der Waals surface area (Å²) in [5.74, 6) is -0.947. The topological polar surface area (TPSA) is 99.5 Å². The highest BCUT2D eigenvalue weighted by molar-refractivity contribution is 5.89. The lowest BCUT2D eigenvalue weighted by atomic mass is 10.3. The van der Waals surface area contributed by atoms with E-state index in [1.165, 1.54) is 4.90 Å². The van der Waals surface area contributed by atoms with E-state index in [0.717, 1.165) is 4.90 Å². The zero-order valence-electron chi connectivity index (χ0n) is 10.1. The van der Waals surface area contributed by atoms with Crippen molar-refractivity contribution in [3.05, 3.63) is 21.0 Å². The molecule has 1 N–H and O–H groups in total. The molecule has 1 aromatic rings. The Balaban J connectivity index is 3.28. The molecule has 0 aliphatic carbocycles. The van der Waals surface area contributed by atoms with Crippen molar-refractivity contribution in [1.82, 2.24) is 14.9 Å². The summed E-state index contributed by atoms with van der Waals surface area (Å²) in [7, 11) is 3.09. The average Bonchev–Trinajstić information content (AvgIpc) is 2.15. The van der Waals surface area contributed by atoms with Crippen molar-refractivity contribution >= 4 is 12.0 Å². The standard InChI is InChI=1S/C9H14N4O4/c1-5(2)13(9(16)12(3)4)7-10-6(14)11-8(15)17-7/h5H,1-4H3,(H,11,14,15). The first-order valence-electron chi connectivity index (χ1n) is 4.95. The van der Waals surface area contributed by atoms with Crippen LogP contribution in [0.5, 0.6) is 0 Å². The van der Waals surface area contributed by atoms with Gasteiger partial charge in [-0.3, -0.25) is 0 Å². The second kappa shape index (κ2) is 4.81. The van der Waals surface area contributed by atoms with Gasteiger partial charge in [-0.1, -0.05) is 0 Å². The summed E-state index contributed by atoms with van der Waals surface area (Å²) in [5, 5.41) is 0. The molecule has 1 aromatic heterocycles. The number of anilines is 1. The fourth-order valence-corrected chi connectivity index (χ4v) is 1.18. The third-order valence-electron chi connectivity index (χ3n) is 1.90. The molecule has 0 atom stereocenters. The summed E-state index contributed by atoms with van der Waals surface area (Å²) >= 11 is 0. The summed E-state index contributed by atoms with van der Waals surface area (Å²) in [6.07, 6.45) is 0. The van der Waals surface area contributed by atoms with E-state index < -0.39 is 17.5 Å². The van der Waals surface area contributed by atoms with Crippen LogP contribution in [0, 0.1) is 0 Å². The zero-order valence-corrected chi connectivity index (χ0v) is 10.1. The lowest BCUT2D eigenvalue weighted by Gasteiger charge is -2.26. The predicted molar refractivity (Wildman–Crippen MR) is 60.1 cm³/mol. The molecular weight excluding hydrogens is 228 g/mol. The van der Waals surface area contributed by atoms with Gasteiger partial charge in [-0.15, -0.1) is 4.98 Å². The van der Waals surface area contributed by atoms with Gasteiger partial charge >= 0.3 is 23.5 Å². The van der Waals surface area contributed by atoms with Crippen molar-refractivity contribution in [1.29, 1.82) is 0 Å². The van der Waals surface area contributed by atoms with Crippen molar-refractivity contribution in [2.45, 2.75) is 19.9 Å². The van der Waals surface area contributed by atoms with Crippen LogP contribution < -0.4 is 16.3 Å². The van der Waals surface area contributed by atoms with Crippen LogP contribution in [0.1, 0.15) is 13.8 Å². The van der Waals surface area contributed by atoms with E-state index in [1.807, 2.05) is 4.98 Å². The highest BCUT2D eigenvalue weighted by Gasteiger charge is 2.24.